The zero-order chi connectivity index (χ0) is 22.8. The Labute approximate surface area is 192 Å². The van der Waals surface area contributed by atoms with Crippen molar-refractivity contribution in [2.45, 2.75) is 32.6 Å². The molecule has 2 aromatic carbocycles. The minimum Gasteiger partial charge on any atom is -0.298 e. The summed E-state index contributed by atoms with van der Waals surface area (Å²) in [6, 6.07) is 11.5. The molecule has 0 fully saturated rings. The summed E-state index contributed by atoms with van der Waals surface area (Å²) in [4.78, 5) is 17.1. The fraction of sp³-hybridized carbons (Fsp3) is 0.364. The third kappa shape index (κ3) is 5.83. The van der Waals surface area contributed by atoms with Crippen LogP contribution in [0.5, 0.6) is 0 Å². The van der Waals surface area contributed by atoms with Crippen LogP contribution in [0.25, 0.3) is 10.2 Å². The second-order valence-electron chi connectivity index (χ2n) is 8.22. The van der Waals surface area contributed by atoms with E-state index in [1.54, 1.807) is 46.8 Å². The van der Waals surface area contributed by atoms with E-state index >= 15 is 0 Å². The topological polar surface area (TPSA) is 79.4 Å². The number of fused-ring (bicyclic) bond motifs is 1. The monoisotopic (exact) mass is 479 g/mol. The summed E-state index contributed by atoms with van der Waals surface area (Å²) >= 11 is 7.19. The van der Waals surface area contributed by atoms with Crippen molar-refractivity contribution >= 4 is 54.2 Å². The van der Waals surface area contributed by atoms with Crippen molar-refractivity contribution in [3.05, 3.63) is 53.1 Å². The van der Waals surface area contributed by atoms with Crippen LogP contribution in [-0.4, -0.2) is 36.7 Å². The van der Waals surface area contributed by atoms with Gasteiger partial charge in [-0.1, -0.05) is 56.7 Å². The van der Waals surface area contributed by atoms with Crippen LogP contribution in [0, 0.1) is 11.8 Å². The van der Waals surface area contributed by atoms with Gasteiger partial charge in [-0.2, -0.15) is 4.31 Å². The first-order valence-corrected chi connectivity index (χ1v) is 12.7. The van der Waals surface area contributed by atoms with Crippen LogP contribution in [0.1, 0.15) is 38.1 Å². The van der Waals surface area contributed by atoms with Gasteiger partial charge in [-0.05, 0) is 48.2 Å². The number of halogens is 1. The number of nitrogens with zero attached hydrogens (tertiary/aromatic N) is 2. The molecule has 166 valence electrons. The van der Waals surface area contributed by atoms with E-state index in [-0.39, 0.29) is 22.6 Å². The Morgan fingerprint density at radius 3 is 2.39 bits per heavy atom. The lowest BCUT2D eigenvalue weighted by atomic mass is 10.2. The van der Waals surface area contributed by atoms with Crippen molar-refractivity contribution in [2.24, 2.45) is 11.8 Å². The van der Waals surface area contributed by atoms with E-state index in [1.165, 1.54) is 11.3 Å². The number of hydrogen-bond acceptors (Lipinski definition) is 5. The maximum absolute atomic E-state index is 13.3. The SMILES string of the molecule is CC(C)CN(CC(C)C)S(=O)(=O)c1ccc2nc(NC(=O)c3cccc(Cl)c3)sc2c1. The van der Waals surface area contributed by atoms with Crippen molar-refractivity contribution in [2.75, 3.05) is 18.4 Å². The first kappa shape index (κ1) is 23.7. The van der Waals surface area contributed by atoms with Crippen molar-refractivity contribution in [1.29, 1.82) is 0 Å². The number of nitrogens with one attached hydrogen (secondary N) is 1. The Balaban J connectivity index is 1.88. The summed E-state index contributed by atoms with van der Waals surface area (Å²) in [5.74, 6) is 0.109. The lowest BCUT2D eigenvalue weighted by molar-refractivity contribution is 0.102. The molecule has 1 N–H and O–H groups in total. The summed E-state index contributed by atoms with van der Waals surface area (Å²) in [7, 11) is -3.63. The van der Waals surface area contributed by atoms with Gasteiger partial charge in [0.15, 0.2) is 5.13 Å². The minimum atomic E-state index is -3.63. The van der Waals surface area contributed by atoms with Crippen LogP contribution in [0.3, 0.4) is 0 Å². The number of rotatable bonds is 8. The molecule has 0 spiro atoms. The quantitative estimate of drug-likeness (QED) is 0.462. The average Bonchev–Trinajstić information content (AvgIpc) is 3.08. The highest BCUT2D eigenvalue weighted by Gasteiger charge is 2.26. The summed E-state index contributed by atoms with van der Waals surface area (Å²) in [5.41, 5.74) is 1.05. The second-order valence-corrected chi connectivity index (χ2v) is 11.6. The predicted octanol–water partition coefficient (Wildman–Crippen LogP) is 5.50. The number of carbonyl (C=O) groups is 1. The van der Waals surface area contributed by atoms with Crippen molar-refractivity contribution in [3.8, 4) is 0 Å². The fourth-order valence-corrected chi connectivity index (χ4v) is 6.11. The molecule has 1 heterocycles. The number of anilines is 1. The number of aromatic nitrogens is 1. The van der Waals surface area contributed by atoms with E-state index in [1.807, 2.05) is 27.7 Å². The highest BCUT2D eigenvalue weighted by molar-refractivity contribution is 7.89. The molecule has 0 aliphatic rings. The molecule has 0 radical (unpaired) electrons. The van der Waals surface area contributed by atoms with Crippen LogP contribution >= 0.6 is 22.9 Å². The molecular weight excluding hydrogens is 454 g/mol. The average molecular weight is 480 g/mol. The standard InChI is InChI=1S/C22H26ClN3O3S2/c1-14(2)12-26(13-15(3)4)31(28,29)18-8-9-19-20(11-18)30-22(24-19)25-21(27)16-6-5-7-17(23)10-16/h5-11,14-15H,12-13H2,1-4H3,(H,24,25,27). The van der Waals surface area contributed by atoms with Crippen molar-refractivity contribution in [3.63, 3.8) is 0 Å². The van der Waals surface area contributed by atoms with Crippen molar-refractivity contribution in [1.82, 2.24) is 9.29 Å². The Morgan fingerprint density at radius 1 is 1.10 bits per heavy atom. The third-order valence-electron chi connectivity index (χ3n) is 4.44. The molecule has 31 heavy (non-hydrogen) atoms. The summed E-state index contributed by atoms with van der Waals surface area (Å²) in [5, 5.41) is 3.63. The molecule has 0 saturated heterocycles. The van der Waals surface area contributed by atoms with Gasteiger partial charge in [0.2, 0.25) is 10.0 Å². The number of amides is 1. The molecule has 0 aliphatic carbocycles. The minimum absolute atomic E-state index is 0.217. The molecule has 6 nitrogen and oxygen atoms in total. The van der Waals surface area contributed by atoms with E-state index in [4.69, 9.17) is 11.6 Å². The number of sulfonamides is 1. The van der Waals surface area contributed by atoms with Gasteiger partial charge in [0.1, 0.15) is 0 Å². The van der Waals surface area contributed by atoms with E-state index in [0.29, 0.717) is 39.0 Å². The van der Waals surface area contributed by atoms with Gasteiger partial charge in [0.05, 0.1) is 15.1 Å². The Kier molecular flexibility index (Phi) is 7.36. The normalized spacial score (nSPS) is 12.3. The fourth-order valence-electron chi connectivity index (χ4n) is 3.15. The van der Waals surface area contributed by atoms with Crippen LogP contribution < -0.4 is 5.32 Å². The molecule has 3 aromatic rings. The molecule has 1 amide bonds. The van der Waals surface area contributed by atoms with Gasteiger partial charge in [-0.15, -0.1) is 0 Å². The van der Waals surface area contributed by atoms with Gasteiger partial charge in [0, 0.05) is 23.7 Å². The number of benzene rings is 2. The van der Waals surface area contributed by atoms with Crippen LogP contribution in [0.2, 0.25) is 5.02 Å². The largest absolute Gasteiger partial charge is 0.298 e. The van der Waals surface area contributed by atoms with E-state index in [0.717, 1.165) is 0 Å². The number of carbonyl (C=O) groups excluding carboxylic acids is 1. The molecule has 0 unspecified atom stereocenters. The van der Waals surface area contributed by atoms with Gasteiger partial charge in [-0.25, -0.2) is 13.4 Å². The first-order chi connectivity index (χ1) is 14.6. The molecular formula is C22H26ClN3O3S2. The molecule has 0 saturated carbocycles. The second kappa shape index (κ2) is 9.65. The zero-order valence-electron chi connectivity index (χ0n) is 17.9. The number of hydrogen-bond donors (Lipinski definition) is 1. The maximum Gasteiger partial charge on any atom is 0.257 e. The molecule has 0 aliphatic heterocycles. The summed E-state index contributed by atoms with van der Waals surface area (Å²) in [6.45, 7) is 8.94. The summed E-state index contributed by atoms with van der Waals surface area (Å²) in [6.07, 6.45) is 0. The Morgan fingerprint density at radius 2 is 1.77 bits per heavy atom. The first-order valence-electron chi connectivity index (χ1n) is 10.0. The summed E-state index contributed by atoms with van der Waals surface area (Å²) < 4.78 is 28.8. The van der Waals surface area contributed by atoms with Gasteiger partial charge in [-0.3, -0.25) is 10.1 Å². The Bertz CT molecular complexity index is 1180. The molecule has 0 bridgehead atoms. The van der Waals surface area contributed by atoms with Gasteiger partial charge < -0.3 is 0 Å². The third-order valence-corrected chi connectivity index (χ3v) is 7.44. The van der Waals surface area contributed by atoms with Gasteiger partial charge in [0.25, 0.3) is 5.91 Å². The van der Waals surface area contributed by atoms with E-state index in [2.05, 4.69) is 10.3 Å². The molecule has 1 aromatic heterocycles. The van der Waals surface area contributed by atoms with Crippen LogP contribution in [-0.2, 0) is 10.0 Å². The molecule has 9 heteroatoms. The van der Waals surface area contributed by atoms with Gasteiger partial charge >= 0.3 is 0 Å². The highest BCUT2D eigenvalue weighted by Crippen LogP contribution is 2.30. The molecule has 0 atom stereocenters. The van der Waals surface area contributed by atoms with E-state index in [9.17, 15) is 13.2 Å². The smallest absolute Gasteiger partial charge is 0.257 e. The Hall–Kier alpha value is -2.00. The van der Waals surface area contributed by atoms with Crippen molar-refractivity contribution < 1.29 is 13.2 Å². The van der Waals surface area contributed by atoms with Crippen LogP contribution in [0.15, 0.2) is 47.4 Å². The zero-order valence-corrected chi connectivity index (χ0v) is 20.3. The maximum atomic E-state index is 13.3. The lowest BCUT2D eigenvalue weighted by Gasteiger charge is -2.25. The van der Waals surface area contributed by atoms with E-state index < -0.39 is 10.0 Å². The highest BCUT2D eigenvalue weighted by atomic mass is 35.5. The predicted molar refractivity (Wildman–Crippen MR) is 127 cm³/mol. The van der Waals surface area contributed by atoms with Crippen LogP contribution in [0.4, 0.5) is 5.13 Å². The lowest BCUT2D eigenvalue weighted by Crippen LogP contribution is -2.37. The number of thiazole rings is 1. The molecule has 3 rings (SSSR count).